The van der Waals surface area contributed by atoms with Gasteiger partial charge in [-0.1, -0.05) is 37.3 Å². The van der Waals surface area contributed by atoms with Crippen molar-refractivity contribution < 1.29 is 14.9 Å². The van der Waals surface area contributed by atoms with Crippen LogP contribution in [0.15, 0.2) is 42.2 Å². The van der Waals surface area contributed by atoms with Crippen molar-refractivity contribution in [2.24, 2.45) is 0 Å². The van der Waals surface area contributed by atoms with Gasteiger partial charge in [0.1, 0.15) is 11.9 Å². The molecule has 1 unspecified atom stereocenters. The van der Waals surface area contributed by atoms with Gasteiger partial charge in [0.25, 0.3) is 0 Å². The third-order valence-corrected chi connectivity index (χ3v) is 2.16. The Morgan fingerprint density at radius 3 is 2.62 bits per heavy atom. The van der Waals surface area contributed by atoms with E-state index in [2.05, 4.69) is 0 Å². The van der Waals surface area contributed by atoms with Crippen molar-refractivity contribution in [1.29, 1.82) is 0 Å². The molecule has 0 saturated heterocycles. The van der Waals surface area contributed by atoms with Crippen molar-refractivity contribution in [2.45, 2.75) is 19.4 Å². The van der Waals surface area contributed by atoms with Crippen molar-refractivity contribution in [3.05, 3.63) is 47.7 Å². The molecule has 1 aromatic rings. The van der Waals surface area contributed by atoms with Crippen molar-refractivity contribution in [3.8, 4) is 0 Å². The van der Waals surface area contributed by atoms with E-state index in [0.29, 0.717) is 0 Å². The summed E-state index contributed by atoms with van der Waals surface area (Å²) in [5.41, 5.74) is 0.887. The van der Waals surface area contributed by atoms with Crippen LogP contribution in [0.5, 0.6) is 0 Å². The predicted octanol–water partition coefficient (Wildman–Crippen LogP) is 2.59. The first-order valence-electron chi connectivity index (χ1n) is 5.46. The van der Waals surface area contributed by atoms with E-state index in [0.717, 1.165) is 12.0 Å². The number of hydrogen-bond acceptors (Lipinski definition) is 3. The summed E-state index contributed by atoms with van der Waals surface area (Å²) < 4.78 is 5.42. The highest BCUT2D eigenvalue weighted by Crippen LogP contribution is 2.24. The molecule has 3 nitrogen and oxygen atoms in total. The van der Waals surface area contributed by atoms with E-state index >= 15 is 0 Å². The van der Waals surface area contributed by atoms with Gasteiger partial charge in [0.2, 0.25) is 0 Å². The molecule has 1 aromatic carbocycles. The lowest BCUT2D eigenvalue weighted by atomic mass is 10.1. The zero-order valence-electron chi connectivity index (χ0n) is 9.47. The van der Waals surface area contributed by atoms with Crippen LogP contribution in [0.3, 0.4) is 0 Å². The number of aliphatic hydroxyl groups excluding tert-OH is 2. The molecular formula is C13H18O3. The first-order chi connectivity index (χ1) is 7.79. The van der Waals surface area contributed by atoms with Gasteiger partial charge in [-0.05, 0) is 18.1 Å². The van der Waals surface area contributed by atoms with Crippen LogP contribution in [0.2, 0.25) is 0 Å². The van der Waals surface area contributed by atoms with Crippen LogP contribution >= 0.6 is 0 Å². The molecule has 1 atom stereocenters. The first kappa shape index (κ1) is 12.7. The second kappa shape index (κ2) is 7.04. The molecule has 0 saturated carbocycles. The van der Waals surface area contributed by atoms with E-state index in [1.807, 2.05) is 37.3 Å². The van der Waals surface area contributed by atoms with E-state index in [4.69, 9.17) is 9.84 Å². The minimum Gasteiger partial charge on any atom is -0.510 e. The normalized spacial score (nSPS) is 13.8. The molecule has 0 aromatic heterocycles. The van der Waals surface area contributed by atoms with Gasteiger partial charge in [0.05, 0.1) is 13.2 Å². The van der Waals surface area contributed by atoms with Gasteiger partial charge in [-0.15, -0.1) is 0 Å². The standard InChI is InChI=1S/C13H18O3/c1-2-6-12(15)13(16-10-9-14)11-7-4-3-5-8-11/h3-8,13-15H,2,9-10H2,1H3. The molecule has 0 aliphatic heterocycles. The van der Waals surface area contributed by atoms with Gasteiger partial charge in [0.15, 0.2) is 0 Å². The minimum absolute atomic E-state index is 0.0528. The van der Waals surface area contributed by atoms with Gasteiger partial charge in [-0.2, -0.15) is 0 Å². The molecule has 0 fully saturated rings. The fourth-order valence-corrected chi connectivity index (χ4v) is 1.47. The summed E-state index contributed by atoms with van der Waals surface area (Å²) in [6.45, 7) is 2.11. The van der Waals surface area contributed by atoms with Crippen molar-refractivity contribution >= 4 is 0 Å². The fourth-order valence-electron chi connectivity index (χ4n) is 1.47. The van der Waals surface area contributed by atoms with Gasteiger partial charge < -0.3 is 14.9 Å². The monoisotopic (exact) mass is 222 g/mol. The van der Waals surface area contributed by atoms with Crippen LogP contribution in [0.1, 0.15) is 25.0 Å². The van der Waals surface area contributed by atoms with Crippen LogP contribution < -0.4 is 0 Å². The van der Waals surface area contributed by atoms with E-state index in [9.17, 15) is 5.11 Å². The Hall–Kier alpha value is -1.32. The molecule has 0 spiro atoms. The molecule has 0 aliphatic carbocycles. The number of ether oxygens (including phenoxy) is 1. The van der Waals surface area contributed by atoms with Crippen molar-refractivity contribution in [3.63, 3.8) is 0 Å². The Morgan fingerprint density at radius 1 is 1.38 bits per heavy atom. The van der Waals surface area contributed by atoms with Gasteiger partial charge >= 0.3 is 0 Å². The Bertz CT molecular complexity index is 319. The zero-order valence-corrected chi connectivity index (χ0v) is 9.47. The third-order valence-electron chi connectivity index (χ3n) is 2.16. The summed E-state index contributed by atoms with van der Waals surface area (Å²) in [4.78, 5) is 0. The Labute approximate surface area is 96.0 Å². The van der Waals surface area contributed by atoms with Crippen LogP contribution in [-0.4, -0.2) is 23.4 Å². The molecule has 0 bridgehead atoms. The number of hydrogen-bond donors (Lipinski definition) is 2. The molecule has 0 heterocycles. The first-order valence-corrected chi connectivity index (χ1v) is 5.46. The van der Waals surface area contributed by atoms with Crippen LogP contribution in [0.4, 0.5) is 0 Å². The maximum absolute atomic E-state index is 9.84. The molecule has 0 aliphatic rings. The Morgan fingerprint density at radius 2 is 2.06 bits per heavy atom. The van der Waals surface area contributed by atoms with Crippen molar-refractivity contribution in [1.82, 2.24) is 0 Å². The predicted molar refractivity (Wildman–Crippen MR) is 63.2 cm³/mol. The minimum atomic E-state index is -0.478. The second-order valence-corrected chi connectivity index (χ2v) is 3.42. The molecule has 0 radical (unpaired) electrons. The topological polar surface area (TPSA) is 49.7 Å². The maximum atomic E-state index is 9.84. The number of benzene rings is 1. The van der Waals surface area contributed by atoms with Gasteiger partial charge in [-0.25, -0.2) is 0 Å². The van der Waals surface area contributed by atoms with Crippen LogP contribution in [0, 0.1) is 0 Å². The second-order valence-electron chi connectivity index (χ2n) is 3.42. The summed E-state index contributed by atoms with van der Waals surface area (Å²) >= 11 is 0. The van der Waals surface area contributed by atoms with Gasteiger partial charge in [0, 0.05) is 0 Å². The van der Waals surface area contributed by atoms with Crippen molar-refractivity contribution in [2.75, 3.05) is 13.2 Å². The van der Waals surface area contributed by atoms with E-state index in [1.165, 1.54) is 0 Å². The summed E-state index contributed by atoms with van der Waals surface area (Å²) in [5.74, 6) is 0.196. The largest absolute Gasteiger partial charge is 0.510 e. The molecule has 16 heavy (non-hydrogen) atoms. The quantitative estimate of drug-likeness (QED) is 0.727. The highest BCUT2D eigenvalue weighted by Gasteiger charge is 2.15. The summed E-state index contributed by atoms with van der Waals surface area (Å²) in [6, 6.07) is 9.48. The molecule has 1 rings (SSSR count). The third kappa shape index (κ3) is 3.68. The lowest BCUT2D eigenvalue weighted by molar-refractivity contribution is 0.0256. The molecular weight excluding hydrogens is 204 g/mol. The van der Waals surface area contributed by atoms with E-state index in [-0.39, 0.29) is 19.0 Å². The Balaban J connectivity index is 2.83. The number of rotatable bonds is 6. The smallest absolute Gasteiger partial charge is 0.139 e. The van der Waals surface area contributed by atoms with Gasteiger partial charge in [-0.3, -0.25) is 0 Å². The Kier molecular flexibility index (Phi) is 5.61. The number of allylic oxidation sites excluding steroid dienone is 1. The molecule has 2 N–H and O–H groups in total. The average molecular weight is 222 g/mol. The van der Waals surface area contributed by atoms with Crippen LogP contribution in [-0.2, 0) is 4.74 Å². The van der Waals surface area contributed by atoms with Crippen LogP contribution in [0.25, 0.3) is 0 Å². The molecule has 0 amide bonds. The summed E-state index contributed by atoms with van der Waals surface area (Å²) in [7, 11) is 0. The van der Waals surface area contributed by atoms with E-state index < -0.39 is 6.10 Å². The SMILES string of the molecule is CCC=C(O)C(OCCO)c1ccccc1. The average Bonchev–Trinajstić information content (AvgIpc) is 2.31. The summed E-state index contributed by atoms with van der Waals surface area (Å²) in [6.07, 6.45) is 1.99. The highest BCUT2D eigenvalue weighted by molar-refractivity contribution is 5.23. The highest BCUT2D eigenvalue weighted by atomic mass is 16.5. The lowest BCUT2D eigenvalue weighted by Crippen LogP contribution is -2.10. The zero-order chi connectivity index (χ0) is 11.8. The number of aliphatic hydroxyl groups is 2. The molecule has 88 valence electrons. The summed E-state index contributed by atoms with van der Waals surface area (Å²) in [5, 5.41) is 18.6. The van der Waals surface area contributed by atoms with E-state index in [1.54, 1.807) is 6.08 Å². The lowest BCUT2D eigenvalue weighted by Gasteiger charge is -2.17. The molecule has 3 heteroatoms. The maximum Gasteiger partial charge on any atom is 0.139 e. The fraction of sp³-hybridized carbons (Fsp3) is 0.385.